The minimum atomic E-state index is -1.08. The first-order chi connectivity index (χ1) is 18.5. The molecule has 1 saturated carbocycles. The lowest BCUT2D eigenvalue weighted by atomic mass is 10.0. The molecule has 0 radical (unpaired) electrons. The summed E-state index contributed by atoms with van der Waals surface area (Å²) in [5, 5.41) is 3.16. The Hall–Kier alpha value is -4.14. The van der Waals surface area contributed by atoms with E-state index >= 15 is 0 Å². The summed E-state index contributed by atoms with van der Waals surface area (Å²) in [5.74, 6) is 0.982. The molecule has 2 aromatic carbocycles. The van der Waals surface area contributed by atoms with Gasteiger partial charge in [-0.2, -0.15) is 0 Å². The lowest BCUT2D eigenvalue weighted by molar-refractivity contribution is -0.123. The number of nitrogens with zero attached hydrogens (tertiary/aromatic N) is 1. The molecule has 0 bridgehead atoms. The zero-order valence-corrected chi connectivity index (χ0v) is 22.2. The lowest BCUT2D eigenvalue weighted by Gasteiger charge is -2.32. The van der Waals surface area contributed by atoms with Gasteiger partial charge >= 0.3 is 0 Å². The summed E-state index contributed by atoms with van der Waals surface area (Å²) in [5.41, 5.74) is 0.953. The number of furan rings is 1. The number of benzene rings is 2. The average Bonchev–Trinajstić information content (AvgIpc) is 3.65. The number of methoxy groups -OCH3 is 3. The van der Waals surface area contributed by atoms with E-state index in [1.54, 1.807) is 48.5 Å². The molecule has 0 unspecified atom stereocenters. The van der Waals surface area contributed by atoms with Gasteiger partial charge < -0.3 is 28.7 Å². The summed E-state index contributed by atoms with van der Waals surface area (Å²) in [6.45, 7) is 2.33. The van der Waals surface area contributed by atoms with Crippen LogP contribution in [-0.2, 0) is 4.79 Å². The number of hydrogen-bond donors (Lipinski definition) is 1. The zero-order chi connectivity index (χ0) is 27.1. The first-order valence-corrected chi connectivity index (χ1v) is 12.7. The highest BCUT2D eigenvalue weighted by Crippen LogP contribution is 2.42. The first kappa shape index (κ1) is 26.9. The normalized spacial score (nSPS) is 14.0. The van der Waals surface area contributed by atoms with Crippen LogP contribution in [0.1, 0.15) is 54.8 Å². The second-order valence-electron chi connectivity index (χ2n) is 8.93. The highest BCUT2D eigenvalue weighted by molar-refractivity contribution is 6.08. The lowest BCUT2D eigenvalue weighted by Crippen LogP contribution is -2.46. The number of amides is 2. The molecule has 202 valence electrons. The van der Waals surface area contributed by atoms with Crippen LogP contribution in [0.25, 0.3) is 0 Å². The number of rotatable bonds is 11. The fraction of sp³-hybridized carbons (Fsp3) is 0.379. The molecule has 1 aliphatic rings. The third kappa shape index (κ3) is 5.72. The van der Waals surface area contributed by atoms with Gasteiger partial charge in [-0.05, 0) is 61.7 Å². The molecule has 0 saturated heterocycles. The topological polar surface area (TPSA) is 99.5 Å². The van der Waals surface area contributed by atoms with Crippen molar-refractivity contribution in [3.8, 4) is 23.0 Å². The predicted molar refractivity (Wildman–Crippen MR) is 142 cm³/mol. The van der Waals surface area contributed by atoms with Crippen LogP contribution < -0.4 is 29.2 Å². The van der Waals surface area contributed by atoms with Gasteiger partial charge in [0.2, 0.25) is 11.7 Å². The number of anilines is 1. The predicted octanol–water partition coefficient (Wildman–Crippen LogP) is 5.15. The van der Waals surface area contributed by atoms with Crippen LogP contribution in [0.2, 0.25) is 0 Å². The van der Waals surface area contributed by atoms with Crippen LogP contribution in [0.5, 0.6) is 23.0 Å². The van der Waals surface area contributed by atoms with E-state index in [-0.39, 0.29) is 17.7 Å². The molecule has 1 N–H and O–H groups in total. The van der Waals surface area contributed by atoms with Gasteiger partial charge in [0.05, 0.1) is 34.2 Å². The van der Waals surface area contributed by atoms with Crippen molar-refractivity contribution in [2.45, 2.75) is 44.7 Å². The standard InChI is InChI=1S/C29H34N2O7/c1-5-37-22-13-8-12-21(18-22)31(29(33)23-14-9-15-38-23)26(28(32)30-20-10-6-7-11-20)19-16-24(34-2)27(36-4)25(17-19)35-3/h8-9,12-18,20,26H,5-7,10-11H2,1-4H3,(H,30,32)/t26-/m0/s1. The largest absolute Gasteiger partial charge is 0.494 e. The van der Waals surface area contributed by atoms with Gasteiger partial charge in [0.25, 0.3) is 5.91 Å². The number of carbonyl (C=O) groups excluding carboxylic acids is 2. The minimum Gasteiger partial charge on any atom is -0.494 e. The molecule has 1 aromatic heterocycles. The van der Waals surface area contributed by atoms with Crippen molar-refractivity contribution in [3.05, 3.63) is 66.1 Å². The summed E-state index contributed by atoms with van der Waals surface area (Å²) in [4.78, 5) is 29.5. The fourth-order valence-electron chi connectivity index (χ4n) is 4.82. The van der Waals surface area contributed by atoms with Crippen LogP contribution in [0.15, 0.2) is 59.2 Å². The third-order valence-electron chi connectivity index (χ3n) is 6.57. The van der Waals surface area contributed by atoms with Gasteiger partial charge in [0, 0.05) is 17.8 Å². The van der Waals surface area contributed by atoms with Gasteiger partial charge in [-0.15, -0.1) is 0 Å². The second kappa shape index (κ2) is 12.4. The van der Waals surface area contributed by atoms with Crippen LogP contribution in [0.4, 0.5) is 5.69 Å². The summed E-state index contributed by atoms with van der Waals surface area (Å²) >= 11 is 0. The molecule has 1 fully saturated rings. The maximum absolute atomic E-state index is 14.1. The van der Waals surface area contributed by atoms with Gasteiger partial charge in [0.15, 0.2) is 17.3 Å². The molecular formula is C29H34N2O7. The Morgan fingerprint density at radius 2 is 1.71 bits per heavy atom. The van der Waals surface area contributed by atoms with E-state index in [1.807, 2.05) is 6.92 Å². The molecule has 9 nitrogen and oxygen atoms in total. The van der Waals surface area contributed by atoms with E-state index < -0.39 is 11.9 Å². The van der Waals surface area contributed by atoms with Crippen molar-refractivity contribution >= 4 is 17.5 Å². The Balaban J connectivity index is 1.91. The Morgan fingerprint density at radius 1 is 1.00 bits per heavy atom. The SMILES string of the molecule is CCOc1cccc(N(C(=O)c2ccco2)[C@H](C(=O)NC2CCCC2)c2cc(OC)c(OC)c(OC)c2)c1. The van der Waals surface area contributed by atoms with E-state index in [0.29, 0.717) is 40.9 Å². The monoisotopic (exact) mass is 522 g/mol. The summed E-state index contributed by atoms with van der Waals surface area (Å²) in [6.07, 6.45) is 5.30. The molecule has 0 spiro atoms. The van der Waals surface area contributed by atoms with Crippen LogP contribution >= 0.6 is 0 Å². The second-order valence-corrected chi connectivity index (χ2v) is 8.93. The highest BCUT2D eigenvalue weighted by atomic mass is 16.5. The third-order valence-corrected chi connectivity index (χ3v) is 6.57. The van der Waals surface area contributed by atoms with E-state index in [4.69, 9.17) is 23.4 Å². The maximum atomic E-state index is 14.1. The van der Waals surface area contributed by atoms with E-state index in [0.717, 1.165) is 25.7 Å². The Labute approximate surface area is 222 Å². The van der Waals surface area contributed by atoms with Gasteiger partial charge in [-0.25, -0.2) is 0 Å². The van der Waals surface area contributed by atoms with Crippen LogP contribution in [-0.4, -0.2) is 45.8 Å². The van der Waals surface area contributed by atoms with Crippen molar-refractivity contribution in [2.24, 2.45) is 0 Å². The molecular weight excluding hydrogens is 488 g/mol. The minimum absolute atomic E-state index is 0.0300. The first-order valence-electron chi connectivity index (χ1n) is 12.7. The molecule has 2 amide bonds. The maximum Gasteiger partial charge on any atom is 0.294 e. The van der Waals surface area contributed by atoms with Crippen molar-refractivity contribution in [3.63, 3.8) is 0 Å². The Morgan fingerprint density at radius 3 is 2.29 bits per heavy atom. The van der Waals surface area contributed by atoms with Crippen LogP contribution in [0.3, 0.4) is 0 Å². The molecule has 1 atom stereocenters. The van der Waals surface area contributed by atoms with Crippen molar-refractivity contribution in [1.29, 1.82) is 0 Å². The van der Waals surface area contributed by atoms with Gasteiger partial charge in [-0.1, -0.05) is 18.9 Å². The highest BCUT2D eigenvalue weighted by Gasteiger charge is 2.37. The van der Waals surface area contributed by atoms with Crippen molar-refractivity contribution in [2.75, 3.05) is 32.8 Å². The van der Waals surface area contributed by atoms with Crippen molar-refractivity contribution in [1.82, 2.24) is 5.32 Å². The molecule has 0 aliphatic heterocycles. The molecule has 38 heavy (non-hydrogen) atoms. The molecule has 3 aromatic rings. The summed E-state index contributed by atoms with van der Waals surface area (Å²) in [6, 6.07) is 12.6. The molecule has 1 aliphatic carbocycles. The zero-order valence-electron chi connectivity index (χ0n) is 22.2. The Bertz CT molecular complexity index is 1210. The van der Waals surface area contributed by atoms with Crippen molar-refractivity contribution < 1.29 is 33.0 Å². The summed E-state index contributed by atoms with van der Waals surface area (Å²) in [7, 11) is 4.52. The van der Waals surface area contributed by atoms with E-state index in [9.17, 15) is 9.59 Å². The Kier molecular flexibility index (Phi) is 8.78. The quantitative estimate of drug-likeness (QED) is 0.372. The van der Waals surface area contributed by atoms with E-state index in [2.05, 4.69) is 5.32 Å². The van der Waals surface area contributed by atoms with E-state index in [1.165, 1.54) is 32.5 Å². The average molecular weight is 523 g/mol. The molecule has 1 heterocycles. The number of carbonyl (C=O) groups is 2. The smallest absolute Gasteiger partial charge is 0.294 e. The molecule has 4 rings (SSSR count). The number of hydrogen-bond acceptors (Lipinski definition) is 7. The van der Waals surface area contributed by atoms with Gasteiger partial charge in [0.1, 0.15) is 11.8 Å². The molecule has 9 heteroatoms. The fourth-order valence-corrected chi connectivity index (χ4v) is 4.82. The summed E-state index contributed by atoms with van der Waals surface area (Å²) < 4.78 is 27.8. The van der Waals surface area contributed by atoms with Crippen LogP contribution in [0, 0.1) is 0 Å². The van der Waals surface area contributed by atoms with Gasteiger partial charge in [-0.3, -0.25) is 14.5 Å². The number of ether oxygens (including phenoxy) is 4. The number of nitrogens with one attached hydrogen (secondary N) is 1.